The van der Waals surface area contributed by atoms with Crippen molar-refractivity contribution in [2.45, 2.75) is 18.9 Å². The van der Waals surface area contributed by atoms with Crippen LogP contribution < -0.4 is 5.73 Å². The highest BCUT2D eigenvalue weighted by atomic mass is 32.2. The summed E-state index contributed by atoms with van der Waals surface area (Å²) in [5.74, 6) is -0.911. The van der Waals surface area contributed by atoms with E-state index in [2.05, 4.69) is 0 Å². The van der Waals surface area contributed by atoms with Crippen LogP contribution >= 0.6 is 0 Å². The molecule has 8 heteroatoms. The molecule has 2 N–H and O–H groups in total. The molecule has 0 aliphatic rings. The Balaban J connectivity index is 4.18. The summed E-state index contributed by atoms with van der Waals surface area (Å²) < 4.78 is 45.5. The van der Waals surface area contributed by atoms with Crippen molar-refractivity contribution < 1.29 is 22.0 Å². The summed E-state index contributed by atoms with van der Waals surface area (Å²) in [6.07, 6.45) is -1.67. The number of alkyl halides is 2. The van der Waals surface area contributed by atoms with Gasteiger partial charge in [0, 0.05) is 13.3 Å². The monoisotopic (exact) mass is 258 g/mol. The minimum atomic E-state index is -3.20. The molecular formula is C8H16F2N2O3S. The Labute approximate surface area is 93.5 Å². The maximum atomic E-state index is 12.0. The van der Waals surface area contributed by atoms with Gasteiger partial charge in [0.25, 0.3) is 6.43 Å². The van der Waals surface area contributed by atoms with Crippen molar-refractivity contribution in [3.05, 3.63) is 0 Å². The first kappa shape index (κ1) is 15.2. The zero-order chi connectivity index (χ0) is 12.9. The Bertz CT molecular complexity index is 332. The summed E-state index contributed by atoms with van der Waals surface area (Å²) >= 11 is 0. The number of carbonyl (C=O) groups is 1. The summed E-state index contributed by atoms with van der Waals surface area (Å²) in [6, 6.07) is -1.06. The Kier molecular flexibility index (Phi) is 5.80. The van der Waals surface area contributed by atoms with Gasteiger partial charge in [0.1, 0.15) is 9.84 Å². The van der Waals surface area contributed by atoms with Gasteiger partial charge in [-0.1, -0.05) is 0 Å². The number of nitrogens with two attached hydrogens (primary N) is 1. The highest BCUT2D eigenvalue weighted by Crippen LogP contribution is 2.01. The van der Waals surface area contributed by atoms with Crippen molar-refractivity contribution in [2.24, 2.45) is 5.73 Å². The van der Waals surface area contributed by atoms with Gasteiger partial charge in [-0.2, -0.15) is 0 Å². The second kappa shape index (κ2) is 6.09. The topological polar surface area (TPSA) is 80.5 Å². The molecule has 1 amide bonds. The van der Waals surface area contributed by atoms with Crippen LogP contribution in [0.2, 0.25) is 0 Å². The molecule has 0 aromatic rings. The number of amides is 1. The quantitative estimate of drug-likeness (QED) is 0.694. The number of nitrogens with zero attached hydrogens (tertiary/aromatic N) is 1. The molecule has 16 heavy (non-hydrogen) atoms. The van der Waals surface area contributed by atoms with Crippen LogP contribution in [0.4, 0.5) is 8.78 Å². The molecular weight excluding hydrogens is 242 g/mol. The Morgan fingerprint density at radius 1 is 1.44 bits per heavy atom. The summed E-state index contributed by atoms with van der Waals surface area (Å²) in [5.41, 5.74) is 5.40. The van der Waals surface area contributed by atoms with Crippen LogP contribution in [-0.4, -0.2) is 57.3 Å². The van der Waals surface area contributed by atoms with E-state index in [0.717, 1.165) is 11.2 Å². The molecule has 0 fully saturated rings. The number of sulfone groups is 1. The second-order valence-corrected chi connectivity index (χ2v) is 5.89. The van der Waals surface area contributed by atoms with E-state index in [0.29, 0.717) is 0 Å². The van der Waals surface area contributed by atoms with Crippen LogP contribution in [0.25, 0.3) is 0 Å². The van der Waals surface area contributed by atoms with Crippen molar-refractivity contribution in [3.63, 3.8) is 0 Å². The lowest BCUT2D eigenvalue weighted by Gasteiger charge is -2.20. The number of carbonyl (C=O) groups excluding carboxylic acids is 1. The Morgan fingerprint density at radius 3 is 2.31 bits per heavy atom. The van der Waals surface area contributed by atoms with E-state index in [1.165, 1.54) is 7.05 Å². The van der Waals surface area contributed by atoms with E-state index in [9.17, 15) is 22.0 Å². The fourth-order valence-corrected chi connectivity index (χ4v) is 1.73. The van der Waals surface area contributed by atoms with Crippen molar-refractivity contribution >= 4 is 15.7 Å². The summed E-state index contributed by atoms with van der Waals surface area (Å²) in [7, 11) is -2.00. The third-order valence-electron chi connectivity index (χ3n) is 1.90. The molecule has 0 aliphatic heterocycles. The maximum Gasteiger partial charge on any atom is 0.255 e. The van der Waals surface area contributed by atoms with Crippen molar-refractivity contribution in [1.29, 1.82) is 0 Å². The van der Waals surface area contributed by atoms with Gasteiger partial charge in [-0.25, -0.2) is 17.2 Å². The number of rotatable bonds is 6. The van der Waals surface area contributed by atoms with Crippen LogP contribution in [0.3, 0.4) is 0 Å². The van der Waals surface area contributed by atoms with Gasteiger partial charge in [0.05, 0.1) is 18.3 Å². The lowest BCUT2D eigenvalue weighted by molar-refractivity contribution is -0.133. The molecule has 0 aromatic carbocycles. The van der Waals surface area contributed by atoms with Gasteiger partial charge in [-0.15, -0.1) is 0 Å². The number of halogens is 2. The third-order valence-corrected chi connectivity index (χ3v) is 2.88. The van der Waals surface area contributed by atoms with Gasteiger partial charge in [0.2, 0.25) is 5.91 Å². The van der Waals surface area contributed by atoms with E-state index >= 15 is 0 Å². The molecule has 0 bridgehead atoms. The fraction of sp³-hybridized carbons (Fsp3) is 0.875. The number of hydrogen-bond donors (Lipinski definition) is 1. The van der Waals surface area contributed by atoms with Gasteiger partial charge in [-0.3, -0.25) is 4.79 Å². The lowest BCUT2D eigenvalue weighted by Crippen LogP contribution is -2.44. The molecule has 1 unspecified atom stereocenters. The first-order valence-electron chi connectivity index (χ1n) is 4.60. The van der Waals surface area contributed by atoms with Gasteiger partial charge < -0.3 is 10.6 Å². The zero-order valence-corrected chi connectivity index (χ0v) is 10.0. The summed E-state index contributed by atoms with van der Waals surface area (Å²) in [5, 5.41) is 0. The van der Waals surface area contributed by atoms with Gasteiger partial charge in [-0.05, 0) is 6.42 Å². The SMILES string of the molecule is CN(CC(F)F)C(=O)C(N)CCS(C)(=O)=O. The minimum Gasteiger partial charge on any atom is -0.339 e. The molecule has 96 valence electrons. The predicted octanol–water partition coefficient (Wildman–Crippen LogP) is -0.528. The van der Waals surface area contributed by atoms with Crippen LogP contribution in [0, 0.1) is 0 Å². The van der Waals surface area contributed by atoms with E-state index in [1.807, 2.05) is 0 Å². The van der Waals surface area contributed by atoms with Crippen LogP contribution in [0.5, 0.6) is 0 Å². The molecule has 0 aromatic heterocycles. The van der Waals surface area contributed by atoms with Crippen LogP contribution in [-0.2, 0) is 14.6 Å². The second-order valence-electron chi connectivity index (χ2n) is 3.63. The highest BCUT2D eigenvalue weighted by molar-refractivity contribution is 7.90. The first-order chi connectivity index (χ1) is 7.13. The molecule has 0 heterocycles. The molecule has 5 nitrogen and oxygen atoms in total. The van der Waals surface area contributed by atoms with E-state index < -0.39 is 34.8 Å². The standard InChI is InChI=1S/C8H16F2N2O3S/c1-12(5-7(9)10)8(13)6(11)3-4-16(2,14)15/h6-7H,3-5,11H2,1-2H3. The van der Waals surface area contributed by atoms with Crippen molar-refractivity contribution in [1.82, 2.24) is 4.90 Å². The average Bonchev–Trinajstić information content (AvgIpc) is 2.10. The predicted molar refractivity (Wildman–Crippen MR) is 55.9 cm³/mol. The molecule has 0 rings (SSSR count). The molecule has 0 aliphatic carbocycles. The first-order valence-corrected chi connectivity index (χ1v) is 6.66. The Morgan fingerprint density at radius 2 is 1.94 bits per heavy atom. The average molecular weight is 258 g/mol. The van der Waals surface area contributed by atoms with Crippen molar-refractivity contribution in [2.75, 3.05) is 25.6 Å². The lowest BCUT2D eigenvalue weighted by atomic mass is 10.2. The molecule has 0 saturated carbocycles. The van der Waals surface area contributed by atoms with Gasteiger partial charge >= 0.3 is 0 Å². The normalized spacial score (nSPS) is 13.9. The summed E-state index contributed by atoms with van der Waals surface area (Å²) in [4.78, 5) is 12.2. The third kappa shape index (κ3) is 6.67. The Hall–Kier alpha value is -0.760. The van der Waals surface area contributed by atoms with Gasteiger partial charge in [0.15, 0.2) is 0 Å². The largest absolute Gasteiger partial charge is 0.339 e. The molecule has 0 saturated heterocycles. The van der Waals surface area contributed by atoms with Crippen molar-refractivity contribution in [3.8, 4) is 0 Å². The summed E-state index contributed by atoms with van der Waals surface area (Å²) in [6.45, 7) is -0.703. The van der Waals surface area contributed by atoms with E-state index in [1.54, 1.807) is 0 Å². The molecule has 0 radical (unpaired) electrons. The van der Waals surface area contributed by atoms with Crippen LogP contribution in [0.1, 0.15) is 6.42 Å². The van der Waals surface area contributed by atoms with E-state index in [4.69, 9.17) is 5.73 Å². The number of hydrogen-bond acceptors (Lipinski definition) is 4. The number of likely N-dealkylation sites (N-methyl/N-ethyl adjacent to an activating group) is 1. The minimum absolute atomic E-state index is 0.0642. The smallest absolute Gasteiger partial charge is 0.255 e. The highest BCUT2D eigenvalue weighted by Gasteiger charge is 2.21. The zero-order valence-electron chi connectivity index (χ0n) is 9.19. The fourth-order valence-electron chi connectivity index (χ4n) is 1.04. The van der Waals surface area contributed by atoms with Crippen LogP contribution in [0.15, 0.2) is 0 Å². The van der Waals surface area contributed by atoms with E-state index in [-0.39, 0.29) is 12.2 Å². The maximum absolute atomic E-state index is 12.0. The molecule has 1 atom stereocenters. The molecule has 0 spiro atoms.